The van der Waals surface area contributed by atoms with Crippen molar-refractivity contribution in [2.45, 2.75) is 116 Å². The van der Waals surface area contributed by atoms with Gasteiger partial charge in [0.25, 0.3) is 11.8 Å². The van der Waals surface area contributed by atoms with E-state index in [0.29, 0.717) is 0 Å². The summed E-state index contributed by atoms with van der Waals surface area (Å²) in [6.45, 7) is -5.21. The lowest BCUT2D eigenvalue weighted by Crippen LogP contribution is -2.70. The maximum absolute atomic E-state index is 12.7. The molecular weight excluding hydrogens is 680 g/mol. The zero-order chi connectivity index (χ0) is 39.6. The van der Waals surface area contributed by atoms with Gasteiger partial charge < -0.3 is 112 Å². The Balaban J connectivity index is 2.62. The summed E-state index contributed by atoms with van der Waals surface area (Å²) in [7, 11) is 0. The maximum Gasteiger partial charge on any atom is 0.252 e. The zero-order valence-electron chi connectivity index (χ0n) is 27.4. The van der Waals surface area contributed by atoms with Gasteiger partial charge in [0.2, 0.25) is 0 Å². The van der Waals surface area contributed by atoms with Crippen LogP contribution in [0.1, 0.15) is 9.16 Å². The number of hydrogen-bond donors (Lipinski definition) is 18. The van der Waals surface area contributed by atoms with E-state index in [1.807, 2.05) is 0 Å². The van der Waals surface area contributed by atoms with Crippen molar-refractivity contribution >= 4 is 11.8 Å². The molecule has 2 aliphatic heterocycles. The molecule has 0 bridgehead atoms. The Labute approximate surface area is 278 Å². The Kier molecular flexibility index (Phi) is 14.3. The Hall–Kier alpha value is -1.86. The van der Waals surface area contributed by atoms with Crippen LogP contribution in [0.4, 0.5) is 0 Å². The highest BCUT2D eigenvalue weighted by atomic mass is 16.7. The standard InChI is InChI=1S/C25H46N2O22/c26-22(42)24(44,18(40)16(6(32)1-28)48-20-14(38)12(36)10(34)8(3-30)46-20)5-25(45,23(27)43)19(41)17(7(33)2-29)49-21-15(39)13(37)11(35)9(4-31)47-21/h6-21,28-41,44-45H,1-5H2,(H2,26,42)(H2,27,43)/t6-,7-,8-,9-,10+,11+,12+,13+,14-,15-,16-,17-,18+,19+,20+,21+,24-,25-/m1/s1/i20D,21D. The molecule has 0 aromatic carbocycles. The molecule has 0 radical (unpaired) electrons. The molecule has 0 aromatic heterocycles. The largest absolute Gasteiger partial charge is 0.394 e. The van der Waals surface area contributed by atoms with Gasteiger partial charge in [-0.2, -0.15) is 0 Å². The predicted octanol–water partition coefficient (Wildman–Crippen LogP) is -12.4. The van der Waals surface area contributed by atoms with Crippen molar-refractivity contribution in [1.29, 1.82) is 0 Å². The van der Waals surface area contributed by atoms with Gasteiger partial charge in [0.1, 0.15) is 85.5 Å². The molecule has 0 spiro atoms. The maximum atomic E-state index is 12.7. The normalized spacial score (nSPS) is 40.7. The monoisotopic (exact) mass is 728 g/mol. The Morgan fingerprint density at radius 1 is 0.633 bits per heavy atom. The first-order valence-corrected chi connectivity index (χ1v) is 14.4. The molecule has 0 aromatic rings. The molecule has 0 aliphatic carbocycles. The first-order chi connectivity index (χ1) is 23.4. The van der Waals surface area contributed by atoms with E-state index in [2.05, 4.69) is 0 Å². The summed E-state index contributed by atoms with van der Waals surface area (Å²) < 4.78 is 36.6. The minimum absolute atomic E-state index is 1.13. The van der Waals surface area contributed by atoms with Gasteiger partial charge in [-0.25, -0.2) is 0 Å². The smallest absolute Gasteiger partial charge is 0.252 e. The Bertz CT molecular complexity index is 1090. The van der Waals surface area contributed by atoms with E-state index < -0.39 is 154 Å². The second kappa shape index (κ2) is 17.6. The lowest BCUT2D eigenvalue weighted by Gasteiger charge is -2.46. The topological polar surface area (TPSA) is 447 Å². The predicted molar refractivity (Wildman–Crippen MR) is 148 cm³/mol. The number of rotatable bonds is 18. The molecule has 2 fully saturated rings. The van der Waals surface area contributed by atoms with E-state index in [1.165, 1.54) is 0 Å². The van der Waals surface area contributed by atoms with Crippen LogP contribution in [-0.2, 0) is 28.5 Å². The van der Waals surface area contributed by atoms with E-state index in [1.54, 1.807) is 0 Å². The summed E-state index contributed by atoms with van der Waals surface area (Å²) in [5.74, 6) is -4.31. The molecule has 0 saturated carbocycles. The van der Waals surface area contributed by atoms with Crippen LogP contribution in [0.15, 0.2) is 0 Å². The molecule has 2 aliphatic rings. The Morgan fingerprint density at radius 3 is 1.18 bits per heavy atom. The van der Waals surface area contributed by atoms with Crippen molar-refractivity contribution in [3.63, 3.8) is 0 Å². The van der Waals surface area contributed by atoms with Gasteiger partial charge in [-0.1, -0.05) is 0 Å². The highest BCUT2D eigenvalue weighted by molar-refractivity contribution is 5.88. The number of carbonyl (C=O) groups is 2. The third-order valence-electron chi connectivity index (χ3n) is 8.12. The van der Waals surface area contributed by atoms with Crippen molar-refractivity contribution in [3.05, 3.63) is 0 Å². The van der Waals surface area contributed by atoms with Crippen molar-refractivity contribution in [3.8, 4) is 0 Å². The lowest BCUT2D eigenvalue weighted by molar-refractivity contribution is -0.333. The number of carbonyl (C=O) groups excluding carboxylic acids is 2. The molecule has 24 nitrogen and oxygen atoms in total. The van der Waals surface area contributed by atoms with Crippen LogP contribution in [-0.4, -0.2) is 229 Å². The van der Waals surface area contributed by atoms with E-state index in [-0.39, 0.29) is 0 Å². The van der Waals surface area contributed by atoms with Crippen LogP contribution in [0, 0.1) is 0 Å². The second-order valence-corrected chi connectivity index (χ2v) is 11.5. The highest BCUT2D eigenvalue weighted by Gasteiger charge is 2.60. The molecule has 0 unspecified atom stereocenters. The highest BCUT2D eigenvalue weighted by Crippen LogP contribution is 2.35. The molecule has 2 amide bonds. The van der Waals surface area contributed by atoms with Gasteiger partial charge >= 0.3 is 0 Å². The zero-order valence-corrected chi connectivity index (χ0v) is 25.4. The van der Waals surface area contributed by atoms with E-state index in [4.69, 9.17) is 33.2 Å². The summed E-state index contributed by atoms with van der Waals surface area (Å²) >= 11 is 0. The van der Waals surface area contributed by atoms with Crippen LogP contribution in [0.2, 0.25) is 0 Å². The molecular formula is C25H46N2O22. The number of primary amides is 2. The van der Waals surface area contributed by atoms with Gasteiger partial charge in [0.05, 0.1) is 29.2 Å². The van der Waals surface area contributed by atoms with Gasteiger partial charge in [-0.15, -0.1) is 0 Å². The molecule has 20 N–H and O–H groups in total. The Morgan fingerprint density at radius 2 is 0.939 bits per heavy atom. The molecule has 288 valence electrons. The third-order valence-corrected chi connectivity index (χ3v) is 8.12. The average molecular weight is 729 g/mol. The van der Waals surface area contributed by atoms with Gasteiger partial charge in [-0.3, -0.25) is 9.59 Å². The van der Waals surface area contributed by atoms with Crippen LogP contribution < -0.4 is 11.5 Å². The van der Waals surface area contributed by atoms with Crippen LogP contribution >= 0.6 is 0 Å². The van der Waals surface area contributed by atoms with E-state index in [0.717, 1.165) is 0 Å². The third kappa shape index (κ3) is 8.96. The molecule has 24 heteroatoms. The van der Waals surface area contributed by atoms with E-state index in [9.17, 15) is 91.3 Å². The summed E-state index contributed by atoms with van der Waals surface area (Å²) in [6, 6.07) is 0. The van der Waals surface area contributed by atoms with Crippen molar-refractivity contribution in [2.75, 3.05) is 26.4 Å². The fraction of sp³-hybridized carbons (Fsp3) is 0.920. The SMILES string of the molecule is [2H][C@@]1(O[C@H]([C@H](O)CO)[C@H](O)[C@](O)(C[C@](O)(C(N)=O)[C@@H](O)[C@H](O[C@]2([2H])O[C@H](CO)[C@H](O)[C@H](O)[C@H]2O)[C@H](O)CO)C(N)=O)O[C@H](CO)[C@H](O)[C@H](O)[C@H]1O. The molecule has 49 heavy (non-hydrogen) atoms. The summed E-state index contributed by atoms with van der Waals surface area (Å²) in [6.07, 6.45) is -43.8. The summed E-state index contributed by atoms with van der Waals surface area (Å²) in [4.78, 5) is 25.4. The van der Waals surface area contributed by atoms with Crippen molar-refractivity contribution < 1.29 is 113 Å². The van der Waals surface area contributed by atoms with E-state index >= 15 is 0 Å². The molecule has 2 saturated heterocycles. The van der Waals surface area contributed by atoms with Crippen LogP contribution in [0.25, 0.3) is 0 Å². The van der Waals surface area contributed by atoms with Crippen molar-refractivity contribution in [2.24, 2.45) is 11.5 Å². The second-order valence-electron chi connectivity index (χ2n) is 11.5. The lowest BCUT2D eigenvalue weighted by atomic mass is 9.75. The number of aliphatic hydroxyl groups excluding tert-OH is 14. The number of amides is 2. The van der Waals surface area contributed by atoms with Gasteiger partial charge in [-0.05, 0) is 0 Å². The molecule has 18 atom stereocenters. The first-order valence-electron chi connectivity index (χ1n) is 15.4. The molecule has 2 heterocycles. The summed E-state index contributed by atoms with van der Waals surface area (Å²) in [5.41, 5.74) is 2.60. The number of nitrogens with two attached hydrogens (primary N) is 2. The average Bonchev–Trinajstić information content (AvgIpc) is 3.09. The van der Waals surface area contributed by atoms with Crippen LogP contribution in [0.5, 0.6) is 0 Å². The number of aliphatic hydroxyl groups is 16. The number of ether oxygens (including phenoxy) is 4. The van der Waals surface area contributed by atoms with Gasteiger partial charge in [0, 0.05) is 6.42 Å². The fourth-order valence-corrected chi connectivity index (χ4v) is 4.97. The number of hydrogen-bond acceptors (Lipinski definition) is 22. The minimum Gasteiger partial charge on any atom is -0.394 e. The van der Waals surface area contributed by atoms with Crippen molar-refractivity contribution in [1.82, 2.24) is 0 Å². The quantitative estimate of drug-likeness (QED) is 0.0623. The fourth-order valence-electron chi connectivity index (χ4n) is 4.97. The molecule has 2 rings (SSSR count). The van der Waals surface area contributed by atoms with Gasteiger partial charge in [0.15, 0.2) is 23.7 Å². The van der Waals surface area contributed by atoms with Crippen LogP contribution in [0.3, 0.4) is 0 Å². The summed E-state index contributed by atoms with van der Waals surface area (Å²) in [5, 5.41) is 165. The first kappa shape index (κ1) is 39.9. The minimum atomic E-state index is -3.94.